The predicted molar refractivity (Wildman–Crippen MR) is 72.9 cm³/mol. The van der Waals surface area contributed by atoms with Crippen LogP contribution in [0.15, 0.2) is 29.9 Å². The quantitative estimate of drug-likeness (QED) is 0.920. The van der Waals surface area contributed by atoms with E-state index in [2.05, 4.69) is 46.6 Å². The molecule has 0 aromatic carbocycles. The van der Waals surface area contributed by atoms with Crippen LogP contribution < -0.4 is 5.32 Å². The molecule has 0 radical (unpaired) electrons. The molecule has 0 saturated heterocycles. The monoisotopic (exact) mass is 267 g/mol. The SMILES string of the molecule is CC(C)(CNc1nccnc1Cl)c1cccs1. The van der Waals surface area contributed by atoms with Crippen LogP contribution in [0.2, 0.25) is 5.15 Å². The van der Waals surface area contributed by atoms with Gasteiger partial charge in [0.25, 0.3) is 0 Å². The van der Waals surface area contributed by atoms with Crippen LogP contribution in [0.1, 0.15) is 18.7 Å². The van der Waals surface area contributed by atoms with Crippen molar-refractivity contribution in [2.45, 2.75) is 19.3 Å². The summed E-state index contributed by atoms with van der Waals surface area (Å²) in [5.41, 5.74) is 0.0506. The van der Waals surface area contributed by atoms with E-state index in [-0.39, 0.29) is 5.41 Å². The smallest absolute Gasteiger partial charge is 0.171 e. The van der Waals surface area contributed by atoms with Gasteiger partial charge in [0, 0.05) is 29.2 Å². The average molecular weight is 268 g/mol. The molecule has 3 nitrogen and oxygen atoms in total. The van der Waals surface area contributed by atoms with E-state index in [1.807, 2.05) is 0 Å². The summed E-state index contributed by atoms with van der Waals surface area (Å²) in [4.78, 5) is 9.48. The van der Waals surface area contributed by atoms with Crippen molar-refractivity contribution in [3.63, 3.8) is 0 Å². The topological polar surface area (TPSA) is 37.8 Å². The lowest BCUT2D eigenvalue weighted by Gasteiger charge is -2.24. The van der Waals surface area contributed by atoms with Crippen molar-refractivity contribution in [1.82, 2.24) is 9.97 Å². The molecule has 2 aromatic rings. The fourth-order valence-electron chi connectivity index (χ4n) is 1.50. The van der Waals surface area contributed by atoms with Crippen LogP contribution in [-0.4, -0.2) is 16.5 Å². The number of hydrogen-bond donors (Lipinski definition) is 1. The van der Waals surface area contributed by atoms with Crippen LogP contribution in [0, 0.1) is 0 Å². The molecule has 0 amide bonds. The van der Waals surface area contributed by atoms with Crippen LogP contribution in [0.4, 0.5) is 5.82 Å². The number of nitrogens with zero attached hydrogens (tertiary/aromatic N) is 2. The summed E-state index contributed by atoms with van der Waals surface area (Å²) in [6.07, 6.45) is 3.21. The zero-order chi connectivity index (χ0) is 12.3. The summed E-state index contributed by atoms with van der Waals surface area (Å²) in [6, 6.07) is 4.21. The van der Waals surface area contributed by atoms with Gasteiger partial charge in [0.15, 0.2) is 11.0 Å². The van der Waals surface area contributed by atoms with E-state index in [1.165, 1.54) is 4.88 Å². The molecule has 0 saturated carbocycles. The fourth-order valence-corrected chi connectivity index (χ4v) is 2.52. The second kappa shape index (κ2) is 5.02. The Hall–Kier alpha value is -1.13. The Kier molecular flexibility index (Phi) is 3.64. The van der Waals surface area contributed by atoms with E-state index in [0.29, 0.717) is 11.0 Å². The molecule has 0 spiro atoms. The summed E-state index contributed by atoms with van der Waals surface area (Å²) in [5.74, 6) is 0.638. The Morgan fingerprint density at radius 1 is 1.35 bits per heavy atom. The molecule has 90 valence electrons. The van der Waals surface area contributed by atoms with Crippen LogP contribution >= 0.6 is 22.9 Å². The summed E-state index contributed by atoms with van der Waals surface area (Å²) in [7, 11) is 0. The van der Waals surface area contributed by atoms with E-state index in [1.54, 1.807) is 23.7 Å². The molecule has 0 bridgehead atoms. The van der Waals surface area contributed by atoms with Crippen LogP contribution in [0.3, 0.4) is 0 Å². The lowest BCUT2D eigenvalue weighted by Crippen LogP contribution is -2.27. The van der Waals surface area contributed by atoms with Gasteiger partial charge in [-0.2, -0.15) is 0 Å². The molecule has 2 rings (SSSR count). The van der Waals surface area contributed by atoms with Crippen LogP contribution in [-0.2, 0) is 5.41 Å². The Morgan fingerprint density at radius 3 is 2.76 bits per heavy atom. The first-order valence-electron chi connectivity index (χ1n) is 5.34. The van der Waals surface area contributed by atoms with Crippen LogP contribution in [0.5, 0.6) is 0 Å². The molecule has 2 heterocycles. The molecule has 17 heavy (non-hydrogen) atoms. The first-order chi connectivity index (χ1) is 8.09. The normalized spacial score (nSPS) is 11.5. The Balaban J connectivity index is 2.06. The summed E-state index contributed by atoms with van der Waals surface area (Å²) in [6.45, 7) is 5.15. The molecule has 0 fully saturated rings. The molecule has 2 aromatic heterocycles. The van der Waals surface area contributed by atoms with Gasteiger partial charge in [-0.25, -0.2) is 9.97 Å². The second-order valence-corrected chi connectivity index (χ2v) is 5.72. The highest BCUT2D eigenvalue weighted by Gasteiger charge is 2.21. The number of halogens is 1. The van der Waals surface area contributed by atoms with Gasteiger partial charge < -0.3 is 5.32 Å². The highest BCUT2D eigenvalue weighted by molar-refractivity contribution is 7.10. The van der Waals surface area contributed by atoms with Crippen molar-refractivity contribution in [3.8, 4) is 0 Å². The minimum atomic E-state index is 0.0506. The lowest BCUT2D eigenvalue weighted by atomic mass is 9.91. The first-order valence-corrected chi connectivity index (χ1v) is 6.60. The maximum Gasteiger partial charge on any atom is 0.171 e. The van der Waals surface area contributed by atoms with Crippen molar-refractivity contribution in [1.29, 1.82) is 0 Å². The molecule has 0 unspecified atom stereocenters. The maximum absolute atomic E-state index is 5.94. The standard InChI is InChI=1S/C12H14ClN3S/c1-12(2,9-4-3-7-17-9)8-16-11-10(13)14-5-6-15-11/h3-7H,8H2,1-2H3,(H,15,16). The fraction of sp³-hybridized carbons (Fsp3) is 0.333. The highest BCUT2D eigenvalue weighted by atomic mass is 35.5. The minimum absolute atomic E-state index is 0.0506. The Morgan fingerprint density at radius 2 is 2.12 bits per heavy atom. The summed E-state index contributed by atoms with van der Waals surface area (Å²) < 4.78 is 0. The van der Waals surface area contributed by atoms with Gasteiger partial charge in [-0.3, -0.25) is 0 Å². The van der Waals surface area contributed by atoms with E-state index in [0.717, 1.165) is 6.54 Å². The highest BCUT2D eigenvalue weighted by Crippen LogP contribution is 2.28. The summed E-state index contributed by atoms with van der Waals surface area (Å²) in [5, 5.41) is 5.74. The molecule has 0 atom stereocenters. The third-order valence-corrected chi connectivity index (χ3v) is 4.05. The minimum Gasteiger partial charge on any atom is -0.367 e. The number of rotatable bonds is 4. The number of aromatic nitrogens is 2. The third kappa shape index (κ3) is 2.96. The van der Waals surface area contributed by atoms with Gasteiger partial charge >= 0.3 is 0 Å². The molecular formula is C12H14ClN3S. The van der Waals surface area contributed by atoms with E-state index in [9.17, 15) is 0 Å². The van der Waals surface area contributed by atoms with E-state index < -0.39 is 0 Å². The van der Waals surface area contributed by atoms with Crippen molar-refractivity contribution in [2.75, 3.05) is 11.9 Å². The number of thiophene rings is 1. The molecule has 0 aliphatic heterocycles. The van der Waals surface area contributed by atoms with Gasteiger partial charge in [0.05, 0.1) is 0 Å². The first kappa shape index (κ1) is 12.3. The number of hydrogen-bond acceptors (Lipinski definition) is 4. The molecular weight excluding hydrogens is 254 g/mol. The average Bonchev–Trinajstić information content (AvgIpc) is 2.82. The van der Waals surface area contributed by atoms with E-state index in [4.69, 9.17) is 11.6 Å². The Labute approximate surface area is 110 Å². The molecule has 0 aliphatic rings. The van der Waals surface area contributed by atoms with Gasteiger partial charge in [-0.15, -0.1) is 11.3 Å². The maximum atomic E-state index is 5.94. The van der Waals surface area contributed by atoms with Crippen molar-refractivity contribution in [3.05, 3.63) is 39.9 Å². The van der Waals surface area contributed by atoms with Crippen molar-refractivity contribution in [2.24, 2.45) is 0 Å². The number of nitrogens with one attached hydrogen (secondary N) is 1. The van der Waals surface area contributed by atoms with Gasteiger partial charge in [0.1, 0.15) is 0 Å². The van der Waals surface area contributed by atoms with Crippen molar-refractivity contribution >= 4 is 28.8 Å². The predicted octanol–water partition coefficient (Wildman–Crippen LogP) is 3.58. The summed E-state index contributed by atoms with van der Waals surface area (Å²) >= 11 is 7.70. The molecule has 0 aliphatic carbocycles. The largest absolute Gasteiger partial charge is 0.367 e. The van der Waals surface area contributed by atoms with Crippen LogP contribution in [0.25, 0.3) is 0 Å². The van der Waals surface area contributed by atoms with E-state index >= 15 is 0 Å². The van der Waals surface area contributed by atoms with Gasteiger partial charge in [-0.1, -0.05) is 31.5 Å². The Bertz CT molecular complexity index is 482. The zero-order valence-corrected chi connectivity index (χ0v) is 11.3. The number of anilines is 1. The third-order valence-electron chi connectivity index (χ3n) is 2.54. The van der Waals surface area contributed by atoms with Gasteiger partial charge in [-0.05, 0) is 11.4 Å². The lowest BCUT2D eigenvalue weighted by molar-refractivity contribution is 0.568. The zero-order valence-electron chi connectivity index (χ0n) is 9.77. The van der Waals surface area contributed by atoms with Crippen molar-refractivity contribution < 1.29 is 0 Å². The van der Waals surface area contributed by atoms with Gasteiger partial charge in [0.2, 0.25) is 0 Å². The second-order valence-electron chi connectivity index (χ2n) is 4.41. The molecule has 1 N–H and O–H groups in total. The molecule has 5 heteroatoms.